The molecular formula is C17H10F8N4O. The lowest BCUT2D eigenvalue weighted by Crippen LogP contribution is -2.22. The zero-order valence-corrected chi connectivity index (χ0v) is 15.1. The van der Waals surface area contributed by atoms with Crippen molar-refractivity contribution >= 4 is 22.6 Å². The van der Waals surface area contributed by atoms with Crippen molar-refractivity contribution in [3.63, 3.8) is 0 Å². The van der Waals surface area contributed by atoms with Gasteiger partial charge < -0.3 is 5.32 Å². The van der Waals surface area contributed by atoms with Crippen LogP contribution in [-0.4, -0.2) is 20.7 Å². The number of nitrogens with zero attached hydrogens (tertiary/aromatic N) is 3. The molecule has 160 valence electrons. The molecule has 0 spiro atoms. The fourth-order valence-corrected chi connectivity index (χ4v) is 2.84. The molecule has 0 saturated heterocycles. The van der Waals surface area contributed by atoms with E-state index in [1.807, 2.05) is 0 Å². The number of hydrogen-bond acceptors (Lipinski definition) is 3. The Labute approximate surface area is 162 Å². The zero-order chi connectivity index (χ0) is 22.5. The first-order valence-electron chi connectivity index (χ1n) is 8.06. The number of alkyl halides is 3. The molecule has 1 amide bonds. The quantitative estimate of drug-likeness (QED) is 0.375. The van der Waals surface area contributed by atoms with E-state index < -0.39 is 64.4 Å². The molecular weight excluding hydrogens is 428 g/mol. The van der Waals surface area contributed by atoms with Gasteiger partial charge in [0.05, 0.1) is 16.6 Å². The Bertz CT molecular complexity index is 1160. The van der Waals surface area contributed by atoms with Crippen LogP contribution in [0.5, 0.6) is 0 Å². The molecule has 0 radical (unpaired) electrons. The topological polar surface area (TPSA) is 59.8 Å². The predicted molar refractivity (Wildman–Crippen MR) is 86.9 cm³/mol. The molecule has 0 unspecified atom stereocenters. The van der Waals surface area contributed by atoms with Crippen molar-refractivity contribution in [2.24, 2.45) is 0 Å². The van der Waals surface area contributed by atoms with Gasteiger partial charge in [-0.3, -0.25) is 4.79 Å². The Hall–Kier alpha value is -3.25. The van der Waals surface area contributed by atoms with Gasteiger partial charge >= 0.3 is 6.18 Å². The summed E-state index contributed by atoms with van der Waals surface area (Å²) in [4.78, 5) is 16.0. The lowest BCUT2D eigenvalue weighted by Gasteiger charge is -2.11. The number of nitrogens with one attached hydrogen (secondary N) is 1. The average Bonchev–Trinajstić information content (AvgIpc) is 2.95. The van der Waals surface area contributed by atoms with Crippen LogP contribution >= 0.6 is 0 Å². The minimum atomic E-state index is -4.75. The van der Waals surface area contributed by atoms with Crippen LogP contribution < -0.4 is 5.32 Å². The van der Waals surface area contributed by atoms with E-state index in [1.165, 1.54) is 19.2 Å². The highest BCUT2D eigenvalue weighted by molar-refractivity contribution is 5.92. The van der Waals surface area contributed by atoms with Crippen molar-refractivity contribution in [1.82, 2.24) is 14.8 Å². The van der Waals surface area contributed by atoms with Gasteiger partial charge in [-0.25, -0.2) is 31.6 Å². The summed E-state index contributed by atoms with van der Waals surface area (Å²) in [5.74, 6) is -12.8. The van der Waals surface area contributed by atoms with Gasteiger partial charge in [0.25, 0.3) is 0 Å². The summed E-state index contributed by atoms with van der Waals surface area (Å²) in [6.45, 7) is 1.60. The number of aryl methyl sites for hydroxylation is 2. The third-order valence-corrected chi connectivity index (χ3v) is 4.08. The van der Waals surface area contributed by atoms with E-state index >= 15 is 0 Å². The van der Waals surface area contributed by atoms with Crippen LogP contribution in [0.25, 0.3) is 11.0 Å². The number of carbonyl (C=O) groups excluding carboxylic acids is 1. The van der Waals surface area contributed by atoms with Gasteiger partial charge in [-0.05, 0) is 19.9 Å². The molecule has 0 aliphatic carbocycles. The number of amides is 1. The normalized spacial score (nSPS) is 11.9. The molecule has 0 atom stereocenters. The highest BCUT2D eigenvalue weighted by Gasteiger charge is 2.35. The molecule has 5 nitrogen and oxygen atoms in total. The van der Waals surface area contributed by atoms with E-state index in [2.05, 4.69) is 10.1 Å². The zero-order valence-electron chi connectivity index (χ0n) is 15.1. The van der Waals surface area contributed by atoms with Crippen LogP contribution in [0.15, 0.2) is 6.07 Å². The maximum absolute atomic E-state index is 13.7. The summed E-state index contributed by atoms with van der Waals surface area (Å²) in [6.07, 6.45) is -4.75. The van der Waals surface area contributed by atoms with E-state index in [-0.39, 0.29) is 17.0 Å². The molecule has 0 aliphatic heterocycles. The number of fused-ring (bicyclic) bond motifs is 1. The van der Waals surface area contributed by atoms with Gasteiger partial charge in [0, 0.05) is 5.69 Å². The molecule has 1 aromatic carbocycles. The van der Waals surface area contributed by atoms with Crippen LogP contribution in [0, 0.1) is 42.9 Å². The lowest BCUT2D eigenvalue weighted by molar-refractivity contribution is -0.136. The Morgan fingerprint density at radius 1 is 1.00 bits per heavy atom. The van der Waals surface area contributed by atoms with Gasteiger partial charge in [-0.2, -0.15) is 18.3 Å². The van der Waals surface area contributed by atoms with Crippen molar-refractivity contribution in [3.8, 4) is 0 Å². The average molecular weight is 438 g/mol. The number of carbonyl (C=O) groups is 1. The maximum atomic E-state index is 13.7. The first-order valence-corrected chi connectivity index (χ1v) is 8.06. The van der Waals surface area contributed by atoms with Crippen LogP contribution in [0.2, 0.25) is 0 Å². The van der Waals surface area contributed by atoms with Crippen molar-refractivity contribution in [2.45, 2.75) is 26.6 Å². The molecule has 3 rings (SSSR count). The molecule has 0 aliphatic rings. The smallest absolute Gasteiger partial charge is 0.319 e. The summed E-state index contributed by atoms with van der Waals surface area (Å²) < 4.78 is 108. The van der Waals surface area contributed by atoms with E-state index in [4.69, 9.17) is 0 Å². The molecule has 13 heteroatoms. The number of benzene rings is 1. The summed E-state index contributed by atoms with van der Waals surface area (Å²) in [5, 5.41) is 4.91. The fraction of sp³-hybridized carbons (Fsp3) is 0.235. The molecule has 2 aromatic heterocycles. The van der Waals surface area contributed by atoms with Crippen LogP contribution in [0.1, 0.15) is 17.0 Å². The minimum absolute atomic E-state index is 0.0452. The SMILES string of the molecule is Cc1cc(C(F)(F)F)c2c(C)nn(CC(=O)Nc3c(F)c(F)c(F)c(F)c3F)c2n1. The van der Waals surface area contributed by atoms with E-state index in [1.54, 1.807) is 0 Å². The van der Waals surface area contributed by atoms with Crippen LogP contribution in [-0.2, 0) is 17.5 Å². The Balaban J connectivity index is 2.01. The van der Waals surface area contributed by atoms with Gasteiger partial charge in [0.2, 0.25) is 11.7 Å². The molecule has 2 heterocycles. The number of pyridine rings is 1. The second-order valence-electron chi connectivity index (χ2n) is 6.24. The number of anilines is 1. The minimum Gasteiger partial charge on any atom is -0.319 e. The van der Waals surface area contributed by atoms with E-state index in [0.29, 0.717) is 0 Å². The Morgan fingerprint density at radius 2 is 1.53 bits per heavy atom. The van der Waals surface area contributed by atoms with Crippen molar-refractivity contribution < 1.29 is 39.9 Å². The molecule has 1 N–H and O–H groups in total. The largest absolute Gasteiger partial charge is 0.417 e. The molecule has 0 bridgehead atoms. The van der Waals surface area contributed by atoms with Crippen molar-refractivity contribution in [1.29, 1.82) is 0 Å². The molecule has 3 aromatic rings. The molecule has 30 heavy (non-hydrogen) atoms. The lowest BCUT2D eigenvalue weighted by atomic mass is 10.1. The number of hydrogen-bond donors (Lipinski definition) is 1. The summed E-state index contributed by atoms with van der Waals surface area (Å²) >= 11 is 0. The van der Waals surface area contributed by atoms with Crippen molar-refractivity contribution in [2.75, 3.05) is 5.32 Å². The first kappa shape index (κ1) is 21.5. The highest BCUT2D eigenvalue weighted by Crippen LogP contribution is 2.36. The van der Waals surface area contributed by atoms with Crippen molar-refractivity contribution in [3.05, 3.63) is 52.1 Å². The molecule has 0 saturated carbocycles. The third-order valence-electron chi connectivity index (χ3n) is 4.08. The molecule has 0 fully saturated rings. The summed E-state index contributed by atoms with van der Waals surface area (Å²) in [7, 11) is 0. The highest BCUT2D eigenvalue weighted by atomic mass is 19.4. The maximum Gasteiger partial charge on any atom is 0.417 e. The van der Waals surface area contributed by atoms with Gasteiger partial charge in [-0.15, -0.1) is 0 Å². The second kappa shape index (κ2) is 7.22. The number of halogens is 8. The summed E-state index contributed by atoms with van der Waals surface area (Å²) in [5.41, 5.74) is -3.16. The monoisotopic (exact) mass is 438 g/mol. The van der Waals surface area contributed by atoms with Crippen LogP contribution in [0.3, 0.4) is 0 Å². The first-order chi connectivity index (χ1) is 13.8. The Morgan fingerprint density at radius 3 is 2.07 bits per heavy atom. The third kappa shape index (κ3) is 3.55. The van der Waals surface area contributed by atoms with Gasteiger partial charge in [-0.1, -0.05) is 0 Å². The van der Waals surface area contributed by atoms with Gasteiger partial charge in [0.15, 0.2) is 28.9 Å². The second-order valence-corrected chi connectivity index (χ2v) is 6.24. The Kier molecular flexibility index (Phi) is 5.16. The fourth-order valence-electron chi connectivity index (χ4n) is 2.84. The number of aromatic nitrogens is 3. The summed E-state index contributed by atoms with van der Waals surface area (Å²) in [6, 6.07) is 0.788. The van der Waals surface area contributed by atoms with E-state index in [9.17, 15) is 39.9 Å². The van der Waals surface area contributed by atoms with E-state index in [0.717, 1.165) is 10.7 Å². The number of rotatable bonds is 3. The van der Waals surface area contributed by atoms with Crippen LogP contribution in [0.4, 0.5) is 40.8 Å². The van der Waals surface area contributed by atoms with Gasteiger partial charge in [0.1, 0.15) is 12.2 Å². The standard InChI is InChI=1S/C17H10F8N4O/c1-5-3-7(17(23,24)25)9-6(2)28-29(16(9)26-5)4-8(30)27-15-13(21)11(19)10(18)12(20)14(15)22/h3H,4H2,1-2H3,(H,27,30). The predicted octanol–water partition coefficient (Wildman–Crippen LogP) is 4.40.